The molecule has 0 bridgehead atoms. The van der Waals surface area contributed by atoms with Gasteiger partial charge in [0, 0.05) is 6.08 Å². The van der Waals surface area contributed by atoms with E-state index < -0.39 is 5.82 Å². The largest absolute Gasteiger partial charge is 0.307 e. The predicted octanol–water partition coefficient (Wildman–Crippen LogP) is 2.13. The van der Waals surface area contributed by atoms with Crippen LogP contribution in [-0.4, -0.2) is 10.9 Å². The van der Waals surface area contributed by atoms with Crippen molar-refractivity contribution in [2.24, 2.45) is 0 Å². The number of nitrogens with zero attached hydrogens (tertiary/aromatic N) is 1. The maximum atomic E-state index is 12.4. The summed E-state index contributed by atoms with van der Waals surface area (Å²) < 4.78 is 12.4. The molecule has 0 saturated carbocycles. The molecule has 0 aliphatic carbocycles. The van der Waals surface area contributed by atoms with Crippen molar-refractivity contribution in [2.75, 3.05) is 5.32 Å². The molecule has 0 fully saturated rings. The Hall–Kier alpha value is -1.71. The Bertz CT molecular complexity index is 353. The van der Waals surface area contributed by atoms with Gasteiger partial charge in [0.1, 0.15) is 11.6 Å². The Morgan fingerprint density at radius 3 is 2.71 bits per heavy atom. The highest BCUT2D eigenvalue weighted by atomic mass is 19.1. The van der Waals surface area contributed by atoms with Crippen molar-refractivity contribution in [1.82, 2.24) is 4.98 Å². The Morgan fingerprint density at radius 1 is 1.50 bits per heavy atom. The van der Waals surface area contributed by atoms with Crippen molar-refractivity contribution in [3.63, 3.8) is 0 Å². The van der Waals surface area contributed by atoms with E-state index in [-0.39, 0.29) is 5.91 Å². The molecule has 0 atom stereocenters. The van der Waals surface area contributed by atoms with Gasteiger partial charge in [-0.15, -0.1) is 0 Å². The number of pyridine rings is 1. The number of aromatic nitrogens is 1. The summed E-state index contributed by atoms with van der Waals surface area (Å²) in [6.45, 7) is 3.63. The Balaban J connectivity index is 2.66. The van der Waals surface area contributed by atoms with Crippen LogP contribution in [0.3, 0.4) is 0 Å². The zero-order valence-electron chi connectivity index (χ0n) is 8.04. The summed E-state index contributed by atoms with van der Waals surface area (Å²) in [5, 5.41) is 2.51. The van der Waals surface area contributed by atoms with E-state index in [0.717, 1.165) is 11.8 Å². The summed E-state index contributed by atoms with van der Waals surface area (Å²) >= 11 is 0. The number of carbonyl (C=O) groups excluding carboxylic acids is 1. The second-order valence-corrected chi connectivity index (χ2v) is 3.07. The third kappa shape index (κ3) is 3.35. The molecule has 1 aromatic rings. The number of anilines is 1. The standard InChI is InChI=1S/C10H11FN2O/c1-7(2)5-10(14)13-9-4-3-8(11)6-12-9/h3-6H,1-2H3,(H,12,13,14). The van der Waals surface area contributed by atoms with Crippen LogP contribution < -0.4 is 5.32 Å². The van der Waals surface area contributed by atoms with Crippen LogP contribution in [0.1, 0.15) is 13.8 Å². The van der Waals surface area contributed by atoms with Gasteiger partial charge in [0.15, 0.2) is 0 Å². The van der Waals surface area contributed by atoms with E-state index in [1.165, 1.54) is 18.2 Å². The molecular weight excluding hydrogens is 183 g/mol. The van der Waals surface area contributed by atoms with Crippen molar-refractivity contribution < 1.29 is 9.18 Å². The number of hydrogen-bond acceptors (Lipinski definition) is 2. The van der Waals surface area contributed by atoms with E-state index in [9.17, 15) is 9.18 Å². The zero-order valence-corrected chi connectivity index (χ0v) is 8.04. The fraction of sp³-hybridized carbons (Fsp3) is 0.200. The van der Waals surface area contributed by atoms with Crippen LogP contribution in [0.4, 0.5) is 10.2 Å². The average Bonchev–Trinajstić information content (AvgIpc) is 2.07. The summed E-state index contributed by atoms with van der Waals surface area (Å²) in [6, 6.07) is 2.65. The fourth-order valence-corrected chi connectivity index (χ4v) is 0.874. The van der Waals surface area contributed by atoms with E-state index in [1.54, 1.807) is 0 Å². The lowest BCUT2D eigenvalue weighted by atomic mass is 10.3. The summed E-state index contributed by atoms with van der Waals surface area (Å²) in [5.74, 6) is -0.344. The lowest BCUT2D eigenvalue weighted by molar-refractivity contribution is -0.112. The van der Waals surface area contributed by atoms with Crippen molar-refractivity contribution in [2.45, 2.75) is 13.8 Å². The molecule has 0 unspecified atom stereocenters. The van der Waals surface area contributed by atoms with E-state index in [0.29, 0.717) is 5.82 Å². The first-order valence-electron chi connectivity index (χ1n) is 4.15. The Morgan fingerprint density at radius 2 is 2.21 bits per heavy atom. The molecule has 1 heterocycles. The molecule has 3 nitrogen and oxygen atoms in total. The molecule has 1 rings (SSSR count). The summed E-state index contributed by atoms with van der Waals surface area (Å²) in [7, 11) is 0. The van der Waals surface area contributed by atoms with Crippen LogP contribution in [-0.2, 0) is 4.79 Å². The predicted molar refractivity (Wildman–Crippen MR) is 52.3 cm³/mol. The van der Waals surface area contributed by atoms with Gasteiger partial charge in [0.25, 0.3) is 0 Å². The number of carbonyl (C=O) groups is 1. The van der Waals surface area contributed by atoms with Gasteiger partial charge in [0.05, 0.1) is 6.20 Å². The second kappa shape index (κ2) is 4.50. The first-order valence-corrected chi connectivity index (χ1v) is 4.15. The molecule has 74 valence electrons. The molecule has 14 heavy (non-hydrogen) atoms. The van der Waals surface area contributed by atoms with Crippen molar-refractivity contribution in [3.05, 3.63) is 35.8 Å². The highest BCUT2D eigenvalue weighted by molar-refractivity contribution is 5.98. The quantitative estimate of drug-likeness (QED) is 0.733. The third-order valence-electron chi connectivity index (χ3n) is 1.40. The number of hydrogen-bond donors (Lipinski definition) is 1. The molecule has 4 heteroatoms. The first kappa shape index (κ1) is 10.4. The van der Waals surface area contributed by atoms with Gasteiger partial charge in [-0.3, -0.25) is 4.79 Å². The molecular formula is C10H11FN2O. The fourth-order valence-electron chi connectivity index (χ4n) is 0.874. The monoisotopic (exact) mass is 194 g/mol. The summed E-state index contributed by atoms with van der Waals surface area (Å²) in [5.41, 5.74) is 0.893. The van der Waals surface area contributed by atoms with Gasteiger partial charge in [-0.1, -0.05) is 5.57 Å². The average molecular weight is 194 g/mol. The lowest BCUT2D eigenvalue weighted by Gasteiger charge is -2.00. The highest BCUT2D eigenvalue weighted by Crippen LogP contribution is 2.03. The van der Waals surface area contributed by atoms with Gasteiger partial charge in [-0.2, -0.15) is 0 Å². The van der Waals surface area contributed by atoms with Gasteiger partial charge in [-0.25, -0.2) is 9.37 Å². The van der Waals surface area contributed by atoms with E-state index in [4.69, 9.17) is 0 Å². The minimum atomic E-state index is -0.426. The highest BCUT2D eigenvalue weighted by Gasteiger charge is 1.99. The smallest absolute Gasteiger partial charge is 0.249 e. The molecule has 0 radical (unpaired) electrons. The molecule has 1 amide bonds. The normalized spacial score (nSPS) is 9.36. The SMILES string of the molecule is CC(C)=CC(=O)Nc1ccc(F)cn1. The van der Waals surface area contributed by atoms with Crippen LogP contribution in [0.2, 0.25) is 0 Å². The minimum absolute atomic E-state index is 0.260. The van der Waals surface area contributed by atoms with Crippen molar-refractivity contribution in [3.8, 4) is 0 Å². The van der Waals surface area contributed by atoms with E-state index in [1.807, 2.05) is 13.8 Å². The number of halogens is 1. The van der Waals surface area contributed by atoms with Crippen LogP contribution in [0.25, 0.3) is 0 Å². The maximum absolute atomic E-state index is 12.4. The molecule has 1 aromatic heterocycles. The summed E-state index contributed by atoms with van der Waals surface area (Å²) in [6.07, 6.45) is 2.50. The van der Waals surface area contributed by atoms with Gasteiger partial charge >= 0.3 is 0 Å². The molecule has 0 spiro atoms. The van der Waals surface area contributed by atoms with Gasteiger partial charge in [0.2, 0.25) is 5.91 Å². The van der Waals surface area contributed by atoms with Crippen LogP contribution >= 0.6 is 0 Å². The van der Waals surface area contributed by atoms with E-state index >= 15 is 0 Å². The molecule has 0 aliphatic heterocycles. The van der Waals surface area contributed by atoms with Crippen molar-refractivity contribution in [1.29, 1.82) is 0 Å². The van der Waals surface area contributed by atoms with Crippen LogP contribution in [0, 0.1) is 5.82 Å². The van der Waals surface area contributed by atoms with Gasteiger partial charge < -0.3 is 5.32 Å². The minimum Gasteiger partial charge on any atom is -0.307 e. The molecule has 0 saturated heterocycles. The Kier molecular flexibility index (Phi) is 3.34. The second-order valence-electron chi connectivity index (χ2n) is 3.07. The molecule has 0 aliphatic rings. The Labute approximate surface area is 81.7 Å². The van der Waals surface area contributed by atoms with E-state index in [2.05, 4.69) is 10.3 Å². The number of rotatable bonds is 2. The van der Waals surface area contributed by atoms with Gasteiger partial charge in [-0.05, 0) is 26.0 Å². The van der Waals surface area contributed by atoms with Crippen LogP contribution in [0.15, 0.2) is 30.0 Å². The topological polar surface area (TPSA) is 42.0 Å². The zero-order chi connectivity index (χ0) is 10.6. The van der Waals surface area contributed by atoms with Crippen molar-refractivity contribution >= 4 is 11.7 Å². The first-order chi connectivity index (χ1) is 6.58. The summed E-state index contributed by atoms with van der Waals surface area (Å²) in [4.78, 5) is 14.9. The lowest BCUT2D eigenvalue weighted by Crippen LogP contribution is -2.09. The number of amides is 1. The molecule has 1 N–H and O–H groups in total. The maximum Gasteiger partial charge on any atom is 0.249 e. The number of nitrogens with one attached hydrogen (secondary N) is 1. The number of allylic oxidation sites excluding steroid dienone is 1. The molecule has 0 aromatic carbocycles. The third-order valence-corrected chi connectivity index (χ3v) is 1.40. The van der Waals surface area contributed by atoms with Crippen LogP contribution in [0.5, 0.6) is 0 Å².